The molecule has 1 amide bonds. The summed E-state index contributed by atoms with van der Waals surface area (Å²) >= 11 is 1.48. The molecule has 1 fully saturated rings. The first kappa shape index (κ1) is 13.8. The fourth-order valence-electron chi connectivity index (χ4n) is 1.92. The van der Waals surface area contributed by atoms with Gasteiger partial charge in [-0.05, 0) is 17.9 Å². The molecule has 19 heavy (non-hydrogen) atoms. The van der Waals surface area contributed by atoms with E-state index >= 15 is 0 Å². The average molecular weight is 277 g/mol. The summed E-state index contributed by atoms with van der Waals surface area (Å²) in [4.78, 5) is 22.8. The zero-order valence-electron chi connectivity index (χ0n) is 10.5. The Kier molecular flexibility index (Phi) is 4.39. The number of aliphatic hydroxyl groups is 1. The Bertz CT molecular complexity index is 513. The summed E-state index contributed by atoms with van der Waals surface area (Å²) in [6.45, 7) is 1.31. The van der Waals surface area contributed by atoms with E-state index in [4.69, 9.17) is 0 Å². The first-order chi connectivity index (χ1) is 9.09. The second-order valence-corrected chi connectivity index (χ2v) is 5.25. The Hall–Kier alpha value is -1.59. The minimum atomic E-state index is -1.05. The fourth-order valence-corrected chi connectivity index (χ4v) is 2.77. The monoisotopic (exact) mass is 277 g/mol. The fraction of sp³-hybridized carbons (Fsp3) is 0.286. The standard InChI is InChI=1S/C14H15NO3S/c1-9(16)12-13(17)11(15-14(12)18)8-19-7-10-5-3-2-4-6-10/h2-6,8,12-13,17H,7H2,1H3,(H,15,18)/b11-8-. The van der Waals surface area contributed by atoms with Crippen LogP contribution in [0.2, 0.25) is 0 Å². The maximum Gasteiger partial charge on any atom is 0.237 e. The molecule has 1 aliphatic heterocycles. The van der Waals surface area contributed by atoms with Crippen molar-refractivity contribution in [2.75, 3.05) is 0 Å². The van der Waals surface area contributed by atoms with Crippen LogP contribution in [0, 0.1) is 5.92 Å². The van der Waals surface area contributed by atoms with Crippen molar-refractivity contribution in [2.45, 2.75) is 18.8 Å². The van der Waals surface area contributed by atoms with Gasteiger partial charge in [0.1, 0.15) is 17.8 Å². The summed E-state index contributed by atoms with van der Waals surface area (Å²) in [6.07, 6.45) is -1.05. The van der Waals surface area contributed by atoms with E-state index < -0.39 is 17.9 Å². The van der Waals surface area contributed by atoms with Gasteiger partial charge in [-0.3, -0.25) is 9.59 Å². The molecule has 1 heterocycles. The molecule has 100 valence electrons. The number of thioether (sulfide) groups is 1. The number of hydrogen-bond acceptors (Lipinski definition) is 4. The molecular weight excluding hydrogens is 262 g/mol. The average Bonchev–Trinajstić information content (AvgIpc) is 2.66. The highest BCUT2D eigenvalue weighted by molar-refractivity contribution is 8.01. The molecule has 1 aliphatic rings. The Morgan fingerprint density at radius 1 is 1.42 bits per heavy atom. The van der Waals surface area contributed by atoms with E-state index in [1.54, 1.807) is 5.41 Å². The quantitative estimate of drug-likeness (QED) is 0.818. The topological polar surface area (TPSA) is 66.4 Å². The zero-order valence-corrected chi connectivity index (χ0v) is 11.3. The van der Waals surface area contributed by atoms with E-state index in [2.05, 4.69) is 5.32 Å². The van der Waals surface area contributed by atoms with Crippen molar-refractivity contribution in [3.05, 3.63) is 47.0 Å². The summed E-state index contributed by atoms with van der Waals surface area (Å²) < 4.78 is 0. The molecule has 4 nitrogen and oxygen atoms in total. The number of aliphatic hydroxyl groups excluding tert-OH is 1. The third-order valence-electron chi connectivity index (χ3n) is 2.93. The number of hydrogen-bond donors (Lipinski definition) is 2. The Labute approximate surface area is 115 Å². The van der Waals surface area contributed by atoms with Crippen LogP contribution >= 0.6 is 11.8 Å². The minimum Gasteiger partial charge on any atom is -0.386 e. The lowest BCUT2D eigenvalue weighted by Crippen LogP contribution is -2.28. The van der Waals surface area contributed by atoms with Crippen molar-refractivity contribution in [2.24, 2.45) is 5.92 Å². The van der Waals surface area contributed by atoms with Crippen molar-refractivity contribution in [1.29, 1.82) is 0 Å². The lowest BCUT2D eigenvalue weighted by Gasteiger charge is -2.07. The van der Waals surface area contributed by atoms with Crippen LogP contribution in [-0.4, -0.2) is 22.9 Å². The number of amides is 1. The molecule has 1 aromatic rings. The Morgan fingerprint density at radius 2 is 2.11 bits per heavy atom. The SMILES string of the molecule is CC(=O)C1C(=O)N/C(=C\SCc2ccccc2)C1O. The van der Waals surface area contributed by atoms with E-state index in [1.807, 2.05) is 30.3 Å². The lowest BCUT2D eigenvalue weighted by molar-refractivity contribution is -0.132. The summed E-state index contributed by atoms with van der Waals surface area (Å²) in [5, 5.41) is 14.2. The van der Waals surface area contributed by atoms with Gasteiger partial charge in [-0.25, -0.2) is 0 Å². The number of nitrogens with one attached hydrogen (secondary N) is 1. The second kappa shape index (κ2) is 6.04. The van der Waals surface area contributed by atoms with Crippen molar-refractivity contribution < 1.29 is 14.7 Å². The number of rotatable bonds is 4. The van der Waals surface area contributed by atoms with E-state index in [0.717, 1.165) is 11.3 Å². The summed E-state index contributed by atoms with van der Waals surface area (Å²) in [6, 6.07) is 9.88. The molecule has 2 rings (SSSR count). The smallest absolute Gasteiger partial charge is 0.237 e. The molecule has 1 saturated heterocycles. The van der Waals surface area contributed by atoms with E-state index in [-0.39, 0.29) is 5.78 Å². The number of carbonyl (C=O) groups excluding carboxylic acids is 2. The predicted octanol–water partition coefficient (Wildman–Crippen LogP) is 1.46. The van der Waals surface area contributed by atoms with Crippen molar-refractivity contribution in [3.63, 3.8) is 0 Å². The van der Waals surface area contributed by atoms with Gasteiger partial charge in [0, 0.05) is 5.75 Å². The number of benzene rings is 1. The highest BCUT2D eigenvalue weighted by Crippen LogP contribution is 2.24. The molecule has 0 bridgehead atoms. The Balaban J connectivity index is 1.97. The van der Waals surface area contributed by atoms with Crippen LogP contribution in [0.1, 0.15) is 12.5 Å². The van der Waals surface area contributed by atoms with Gasteiger partial charge >= 0.3 is 0 Å². The van der Waals surface area contributed by atoms with Crippen LogP contribution in [0.25, 0.3) is 0 Å². The lowest BCUT2D eigenvalue weighted by atomic mass is 10.0. The molecule has 0 spiro atoms. The van der Waals surface area contributed by atoms with Gasteiger partial charge in [-0.2, -0.15) is 0 Å². The van der Waals surface area contributed by atoms with Gasteiger partial charge in [-0.15, -0.1) is 11.8 Å². The zero-order chi connectivity index (χ0) is 13.8. The normalized spacial score (nSPS) is 24.5. The van der Waals surface area contributed by atoms with Gasteiger partial charge in [0.05, 0.1) is 5.70 Å². The van der Waals surface area contributed by atoms with Gasteiger partial charge in [0.15, 0.2) is 0 Å². The molecule has 0 aromatic heterocycles. The largest absolute Gasteiger partial charge is 0.386 e. The van der Waals surface area contributed by atoms with Gasteiger partial charge in [0.2, 0.25) is 5.91 Å². The first-order valence-electron chi connectivity index (χ1n) is 5.94. The molecule has 0 saturated carbocycles. The van der Waals surface area contributed by atoms with Crippen molar-refractivity contribution in [3.8, 4) is 0 Å². The van der Waals surface area contributed by atoms with Crippen molar-refractivity contribution in [1.82, 2.24) is 5.32 Å². The number of Topliss-reactive ketones (excluding diaryl/α,β-unsaturated/α-hetero) is 1. The van der Waals surface area contributed by atoms with Crippen LogP contribution in [0.5, 0.6) is 0 Å². The molecule has 2 unspecified atom stereocenters. The molecule has 2 atom stereocenters. The summed E-state index contributed by atoms with van der Waals surface area (Å²) in [5.41, 5.74) is 1.57. The van der Waals surface area contributed by atoms with Crippen molar-refractivity contribution >= 4 is 23.5 Å². The second-order valence-electron chi connectivity index (χ2n) is 4.39. The molecule has 1 aromatic carbocycles. The molecule has 5 heteroatoms. The minimum absolute atomic E-state index is 0.318. The van der Waals surface area contributed by atoms with E-state index in [0.29, 0.717) is 5.70 Å². The molecule has 0 radical (unpaired) electrons. The van der Waals surface area contributed by atoms with Gasteiger partial charge < -0.3 is 10.4 Å². The molecular formula is C14H15NO3S. The third-order valence-corrected chi connectivity index (χ3v) is 3.85. The molecule has 2 N–H and O–H groups in total. The van der Waals surface area contributed by atoms with Crippen LogP contribution in [0.15, 0.2) is 41.4 Å². The third kappa shape index (κ3) is 3.24. The van der Waals surface area contributed by atoms with Crippen LogP contribution in [0.3, 0.4) is 0 Å². The molecule has 0 aliphatic carbocycles. The number of ketones is 1. The van der Waals surface area contributed by atoms with Crippen LogP contribution < -0.4 is 5.32 Å². The highest BCUT2D eigenvalue weighted by Gasteiger charge is 2.40. The first-order valence-corrected chi connectivity index (χ1v) is 6.99. The maximum atomic E-state index is 11.5. The van der Waals surface area contributed by atoms with E-state index in [1.165, 1.54) is 18.7 Å². The Morgan fingerprint density at radius 3 is 2.68 bits per heavy atom. The van der Waals surface area contributed by atoms with Gasteiger partial charge in [-0.1, -0.05) is 30.3 Å². The van der Waals surface area contributed by atoms with E-state index in [9.17, 15) is 14.7 Å². The van der Waals surface area contributed by atoms with Gasteiger partial charge in [0.25, 0.3) is 0 Å². The van der Waals surface area contributed by atoms with Crippen LogP contribution in [-0.2, 0) is 15.3 Å². The summed E-state index contributed by atoms with van der Waals surface area (Å²) in [5.74, 6) is -0.964. The maximum absolute atomic E-state index is 11.5. The highest BCUT2D eigenvalue weighted by atomic mass is 32.2. The summed E-state index contributed by atoms with van der Waals surface area (Å²) in [7, 11) is 0. The predicted molar refractivity (Wildman–Crippen MR) is 74.1 cm³/mol. The van der Waals surface area contributed by atoms with Crippen LogP contribution in [0.4, 0.5) is 0 Å². The number of carbonyl (C=O) groups is 2.